The Morgan fingerprint density at radius 3 is 2.82 bits per heavy atom. The van der Waals surface area contributed by atoms with E-state index in [4.69, 9.17) is 9.47 Å². The Morgan fingerprint density at radius 1 is 1.23 bits per heavy atom. The number of carbonyl (C=O) groups excluding carboxylic acids is 1. The highest BCUT2D eigenvalue weighted by Gasteiger charge is 2.13. The van der Waals surface area contributed by atoms with E-state index in [9.17, 15) is 4.79 Å². The van der Waals surface area contributed by atoms with E-state index in [1.165, 1.54) is 0 Å². The van der Waals surface area contributed by atoms with Crippen molar-refractivity contribution >= 4 is 11.6 Å². The number of hydrogen-bond donors (Lipinski definition) is 1. The number of amides is 1. The SMILES string of the molecule is C/C(Cc1ccc2c(c1)OCO2)=N/NC(=O)c1ccncc1. The lowest BCUT2D eigenvalue weighted by Crippen LogP contribution is -2.19. The summed E-state index contributed by atoms with van der Waals surface area (Å²) in [5.74, 6) is 1.24. The van der Waals surface area contributed by atoms with E-state index >= 15 is 0 Å². The summed E-state index contributed by atoms with van der Waals surface area (Å²) < 4.78 is 10.6. The van der Waals surface area contributed by atoms with Gasteiger partial charge in [-0.2, -0.15) is 5.10 Å². The fourth-order valence-electron chi connectivity index (χ4n) is 2.10. The van der Waals surface area contributed by atoms with Gasteiger partial charge in [0.1, 0.15) is 0 Å². The molecule has 2 heterocycles. The van der Waals surface area contributed by atoms with E-state index in [2.05, 4.69) is 15.5 Å². The van der Waals surface area contributed by atoms with Crippen molar-refractivity contribution in [3.05, 3.63) is 53.9 Å². The number of ether oxygens (including phenoxy) is 2. The zero-order chi connectivity index (χ0) is 15.4. The lowest BCUT2D eigenvalue weighted by atomic mass is 10.1. The van der Waals surface area contributed by atoms with Crippen LogP contribution in [0.15, 0.2) is 47.8 Å². The smallest absolute Gasteiger partial charge is 0.271 e. The Hall–Kier alpha value is -2.89. The maximum Gasteiger partial charge on any atom is 0.271 e. The van der Waals surface area contributed by atoms with Crippen molar-refractivity contribution in [3.8, 4) is 11.5 Å². The van der Waals surface area contributed by atoms with Crippen LogP contribution in [0.1, 0.15) is 22.8 Å². The molecule has 0 unspecified atom stereocenters. The third-order valence-corrected chi connectivity index (χ3v) is 3.19. The van der Waals surface area contributed by atoms with Gasteiger partial charge in [-0.3, -0.25) is 9.78 Å². The number of nitrogens with zero attached hydrogens (tertiary/aromatic N) is 2. The van der Waals surface area contributed by atoms with E-state index in [-0.39, 0.29) is 12.7 Å². The minimum atomic E-state index is -0.257. The standard InChI is InChI=1S/C16H15N3O3/c1-11(18-19-16(20)13-4-6-17-7-5-13)8-12-2-3-14-15(9-12)22-10-21-14/h2-7,9H,8,10H2,1H3,(H,19,20)/b18-11-. The molecule has 0 spiro atoms. The molecule has 1 aliphatic rings. The molecule has 2 aromatic rings. The van der Waals surface area contributed by atoms with Crippen molar-refractivity contribution in [1.29, 1.82) is 0 Å². The van der Waals surface area contributed by atoms with E-state index in [0.717, 1.165) is 22.8 Å². The first-order chi connectivity index (χ1) is 10.7. The first-order valence-corrected chi connectivity index (χ1v) is 6.84. The zero-order valence-corrected chi connectivity index (χ0v) is 12.1. The minimum absolute atomic E-state index is 0.257. The van der Waals surface area contributed by atoms with E-state index in [1.807, 2.05) is 25.1 Å². The zero-order valence-electron chi connectivity index (χ0n) is 12.1. The van der Waals surface area contributed by atoms with Crippen molar-refractivity contribution in [3.63, 3.8) is 0 Å². The van der Waals surface area contributed by atoms with Crippen molar-refractivity contribution in [1.82, 2.24) is 10.4 Å². The topological polar surface area (TPSA) is 72.8 Å². The van der Waals surface area contributed by atoms with Gasteiger partial charge in [0, 0.05) is 30.1 Å². The van der Waals surface area contributed by atoms with E-state index < -0.39 is 0 Å². The van der Waals surface area contributed by atoms with Crippen LogP contribution < -0.4 is 14.9 Å². The van der Waals surface area contributed by atoms with Gasteiger partial charge in [0.25, 0.3) is 5.91 Å². The monoisotopic (exact) mass is 297 g/mol. The Morgan fingerprint density at radius 2 is 2.00 bits per heavy atom. The average molecular weight is 297 g/mol. The van der Waals surface area contributed by atoms with E-state index in [0.29, 0.717) is 12.0 Å². The van der Waals surface area contributed by atoms with Gasteiger partial charge in [0.15, 0.2) is 11.5 Å². The van der Waals surface area contributed by atoms with Crippen LogP contribution in [0, 0.1) is 0 Å². The molecular weight excluding hydrogens is 282 g/mol. The molecule has 0 atom stereocenters. The average Bonchev–Trinajstić information content (AvgIpc) is 3.01. The summed E-state index contributed by atoms with van der Waals surface area (Å²) >= 11 is 0. The predicted octanol–water partition coefficient (Wildman–Crippen LogP) is 2.16. The highest BCUT2D eigenvalue weighted by Crippen LogP contribution is 2.32. The molecule has 0 saturated heterocycles. The number of benzene rings is 1. The Bertz CT molecular complexity index is 714. The Kier molecular flexibility index (Phi) is 4.00. The van der Waals surface area contributed by atoms with Gasteiger partial charge in [0.05, 0.1) is 0 Å². The number of carbonyl (C=O) groups is 1. The molecule has 3 rings (SSSR count). The van der Waals surface area contributed by atoms with Gasteiger partial charge in [-0.25, -0.2) is 5.43 Å². The molecule has 0 aliphatic carbocycles. The van der Waals surface area contributed by atoms with Gasteiger partial charge < -0.3 is 9.47 Å². The molecule has 6 nitrogen and oxygen atoms in total. The van der Waals surface area contributed by atoms with Crippen molar-refractivity contribution in [2.45, 2.75) is 13.3 Å². The van der Waals surface area contributed by atoms with Crippen molar-refractivity contribution in [2.24, 2.45) is 5.10 Å². The quantitative estimate of drug-likeness (QED) is 0.693. The highest BCUT2D eigenvalue weighted by atomic mass is 16.7. The van der Waals surface area contributed by atoms with Crippen LogP contribution in [0.2, 0.25) is 0 Å². The molecule has 6 heteroatoms. The molecule has 1 aromatic heterocycles. The maximum atomic E-state index is 11.9. The van der Waals surface area contributed by atoms with Crippen LogP contribution in [-0.2, 0) is 6.42 Å². The van der Waals surface area contributed by atoms with Crippen LogP contribution >= 0.6 is 0 Å². The molecule has 0 saturated carbocycles. The summed E-state index contributed by atoms with van der Waals surface area (Å²) in [6, 6.07) is 9.03. The largest absolute Gasteiger partial charge is 0.454 e. The highest BCUT2D eigenvalue weighted by molar-refractivity contribution is 5.95. The van der Waals surface area contributed by atoms with Crippen molar-refractivity contribution < 1.29 is 14.3 Å². The number of hydrogen-bond acceptors (Lipinski definition) is 5. The van der Waals surface area contributed by atoms with Crippen LogP contribution in [-0.4, -0.2) is 23.4 Å². The molecule has 1 amide bonds. The van der Waals surface area contributed by atoms with Crippen LogP contribution in [0.4, 0.5) is 0 Å². The number of rotatable bonds is 4. The predicted molar refractivity (Wildman–Crippen MR) is 81.1 cm³/mol. The van der Waals surface area contributed by atoms with Crippen LogP contribution in [0.5, 0.6) is 11.5 Å². The summed E-state index contributed by atoms with van der Waals surface area (Å²) in [6.45, 7) is 2.12. The van der Waals surface area contributed by atoms with Gasteiger partial charge in [-0.15, -0.1) is 0 Å². The summed E-state index contributed by atoms with van der Waals surface area (Å²) in [5, 5.41) is 4.11. The normalized spacial score (nSPS) is 13.0. The number of fused-ring (bicyclic) bond motifs is 1. The van der Waals surface area contributed by atoms with Crippen LogP contribution in [0.3, 0.4) is 0 Å². The summed E-state index contributed by atoms with van der Waals surface area (Å²) in [6.07, 6.45) is 3.75. The first kappa shape index (κ1) is 14.1. The molecule has 0 fully saturated rings. The summed E-state index contributed by atoms with van der Waals surface area (Å²) in [5.41, 5.74) is 4.90. The molecule has 112 valence electrons. The molecule has 22 heavy (non-hydrogen) atoms. The summed E-state index contributed by atoms with van der Waals surface area (Å²) in [7, 11) is 0. The maximum absolute atomic E-state index is 11.9. The first-order valence-electron chi connectivity index (χ1n) is 6.84. The van der Waals surface area contributed by atoms with Gasteiger partial charge in [-0.1, -0.05) is 6.07 Å². The van der Waals surface area contributed by atoms with E-state index in [1.54, 1.807) is 24.5 Å². The molecule has 0 radical (unpaired) electrons. The van der Waals surface area contributed by atoms with Crippen molar-refractivity contribution in [2.75, 3.05) is 6.79 Å². The second-order valence-corrected chi connectivity index (χ2v) is 4.89. The third kappa shape index (κ3) is 3.22. The molecular formula is C16H15N3O3. The van der Waals surface area contributed by atoms with Crippen LogP contribution in [0.25, 0.3) is 0 Å². The minimum Gasteiger partial charge on any atom is -0.454 e. The molecule has 1 aliphatic heterocycles. The lowest BCUT2D eigenvalue weighted by molar-refractivity contribution is 0.0954. The Labute approximate surface area is 127 Å². The number of aromatic nitrogens is 1. The summed E-state index contributed by atoms with van der Waals surface area (Å²) in [4.78, 5) is 15.7. The fourth-order valence-corrected chi connectivity index (χ4v) is 2.10. The molecule has 0 bridgehead atoms. The van der Waals surface area contributed by atoms with Gasteiger partial charge in [0.2, 0.25) is 6.79 Å². The second-order valence-electron chi connectivity index (χ2n) is 4.89. The van der Waals surface area contributed by atoms with Gasteiger partial charge >= 0.3 is 0 Å². The third-order valence-electron chi connectivity index (χ3n) is 3.19. The number of nitrogens with one attached hydrogen (secondary N) is 1. The fraction of sp³-hybridized carbons (Fsp3) is 0.188. The lowest BCUT2D eigenvalue weighted by Gasteiger charge is -2.04. The second kappa shape index (κ2) is 6.26. The molecule has 1 N–H and O–H groups in total. The number of hydrazone groups is 1. The van der Waals surface area contributed by atoms with Gasteiger partial charge in [-0.05, 0) is 36.8 Å². The number of pyridine rings is 1. The Balaban J connectivity index is 1.62. The molecule has 1 aromatic carbocycles.